The average molecular weight is 361 g/mol. The number of likely N-dealkylation sites (tertiary alicyclic amines) is 2. The van der Waals surface area contributed by atoms with Crippen LogP contribution in [0.3, 0.4) is 0 Å². The Morgan fingerprint density at radius 3 is 2.85 bits per heavy atom. The molecule has 0 bridgehead atoms. The van der Waals surface area contributed by atoms with E-state index in [4.69, 9.17) is 4.74 Å². The van der Waals surface area contributed by atoms with E-state index in [0.29, 0.717) is 19.2 Å². The number of aromatic nitrogens is 1. The van der Waals surface area contributed by atoms with Crippen LogP contribution in [0.1, 0.15) is 31.4 Å². The van der Waals surface area contributed by atoms with Crippen molar-refractivity contribution in [2.24, 2.45) is 5.92 Å². The Kier molecular flexibility index (Phi) is 7.41. The molecule has 2 fully saturated rings. The fourth-order valence-electron chi connectivity index (χ4n) is 4.14. The number of piperidine rings is 2. The van der Waals surface area contributed by atoms with E-state index in [9.17, 15) is 4.79 Å². The molecular weight excluding hydrogens is 328 g/mol. The standard InChI is InChI=1S/C20H32N4O2/c1-26-14-10-22-20(25)17-5-4-11-24(15-17)19-7-12-23(13-8-19)16-18-6-2-3-9-21-18/h2-3,6,9,17,19H,4-5,7-8,10-16H2,1H3,(H,22,25)/t17-/m1/s1. The van der Waals surface area contributed by atoms with E-state index < -0.39 is 0 Å². The molecule has 0 aromatic carbocycles. The Bertz CT molecular complexity index is 546. The maximum Gasteiger partial charge on any atom is 0.224 e. The molecule has 0 saturated carbocycles. The second kappa shape index (κ2) is 10.00. The third-order valence-corrected chi connectivity index (χ3v) is 5.61. The number of nitrogens with zero attached hydrogens (tertiary/aromatic N) is 3. The van der Waals surface area contributed by atoms with Gasteiger partial charge in [-0.15, -0.1) is 0 Å². The van der Waals surface area contributed by atoms with Gasteiger partial charge in [-0.1, -0.05) is 6.07 Å². The minimum absolute atomic E-state index is 0.132. The molecule has 1 N–H and O–H groups in total. The van der Waals surface area contributed by atoms with Crippen LogP contribution in [-0.4, -0.2) is 73.2 Å². The zero-order valence-corrected chi connectivity index (χ0v) is 15.9. The van der Waals surface area contributed by atoms with Crippen LogP contribution in [0, 0.1) is 5.92 Å². The third-order valence-electron chi connectivity index (χ3n) is 5.61. The lowest BCUT2D eigenvalue weighted by atomic mass is 9.93. The highest BCUT2D eigenvalue weighted by atomic mass is 16.5. The lowest BCUT2D eigenvalue weighted by molar-refractivity contribution is -0.127. The first-order chi connectivity index (χ1) is 12.8. The van der Waals surface area contributed by atoms with Gasteiger partial charge in [-0.05, 0) is 44.4 Å². The SMILES string of the molecule is COCCNC(=O)[C@@H]1CCCN(C2CCN(Cc3ccccn3)CC2)C1. The first kappa shape index (κ1) is 19.3. The predicted molar refractivity (Wildman–Crippen MR) is 102 cm³/mol. The highest BCUT2D eigenvalue weighted by Gasteiger charge is 2.31. The van der Waals surface area contributed by atoms with Gasteiger partial charge in [0.2, 0.25) is 5.91 Å². The molecule has 2 aliphatic rings. The van der Waals surface area contributed by atoms with Crippen molar-refractivity contribution in [1.82, 2.24) is 20.1 Å². The number of nitrogens with one attached hydrogen (secondary N) is 1. The van der Waals surface area contributed by atoms with Crippen LogP contribution in [0.15, 0.2) is 24.4 Å². The van der Waals surface area contributed by atoms with E-state index in [0.717, 1.165) is 51.3 Å². The lowest BCUT2D eigenvalue weighted by Crippen LogP contribution is -2.50. The van der Waals surface area contributed by atoms with Gasteiger partial charge >= 0.3 is 0 Å². The largest absolute Gasteiger partial charge is 0.383 e. The summed E-state index contributed by atoms with van der Waals surface area (Å²) in [6.45, 7) is 6.40. The van der Waals surface area contributed by atoms with Crippen molar-refractivity contribution in [2.75, 3.05) is 46.4 Å². The zero-order chi connectivity index (χ0) is 18.2. The highest BCUT2D eigenvalue weighted by molar-refractivity contribution is 5.78. The van der Waals surface area contributed by atoms with E-state index in [-0.39, 0.29) is 11.8 Å². The third kappa shape index (κ3) is 5.50. The monoisotopic (exact) mass is 360 g/mol. The van der Waals surface area contributed by atoms with Gasteiger partial charge in [-0.25, -0.2) is 0 Å². The minimum Gasteiger partial charge on any atom is -0.383 e. The van der Waals surface area contributed by atoms with Crippen molar-refractivity contribution in [1.29, 1.82) is 0 Å². The van der Waals surface area contributed by atoms with Crippen LogP contribution in [0.4, 0.5) is 0 Å². The van der Waals surface area contributed by atoms with E-state index in [2.05, 4.69) is 32.2 Å². The van der Waals surface area contributed by atoms with Crippen LogP contribution in [-0.2, 0) is 16.1 Å². The molecule has 2 aliphatic heterocycles. The average Bonchev–Trinajstić information content (AvgIpc) is 2.69. The van der Waals surface area contributed by atoms with Crippen LogP contribution in [0.25, 0.3) is 0 Å². The fraction of sp³-hybridized carbons (Fsp3) is 0.700. The van der Waals surface area contributed by atoms with Crippen molar-refractivity contribution in [3.63, 3.8) is 0 Å². The van der Waals surface area contributed by atoms with Crippen LogP contribution in [0.2, 0.25) is 0 Å². The van der Waals surface area contributed by atoms with Crippen molar-refractivity contribution in [3.05, 3.63) is 30.1 Å². The summed E-state index contributed by atoms with van der Waals surface area (Å²) in [5, 5.41) is 3.01. The molecule has 26 heavy (non-hydrogen) atoms. The van der Waals surface area contributed by atoms with E-state index in [1.54, 1.807) is 7.11 Å². The van der Waals surface area contributed by atoms with Gasteiger partial charge in [0.15, 0.2) is 0 Å². The summed E-state index contributed by atoms with van der Waals surface area (Å²) in [7, 11) is 1.66. The second-order valence-corrected chi connectivity index (χ2v) is 7.45. The van der Waals surface area contributed by atoms with Crippen LogP contribution < -0.4 is 5.32 Å². The molecule has 0 unspecified atom stereocenters. The van der Waals surface area contributed by atoms with Gasteiger partial charge in [-0.2, -0.15) is 0 Å². The number of carbonyl (C=O) groups is 1. The lowest BCUT2D eigenvalue weighted by Gasteiger charge is -2.42. The van der Waals surface area contributed by atoms with Gasteiger partial charge in [0.25, 0.3) is 0 Å². The van der Waals surface area contributed by atoms with E-state index >= 15 is 0 Å². The molecule has 1 amide bonds. The van der Waals surface area contributed by atoms with Crippen molar-refractivity contribution in [3.8, 4) is 0 Å². The molecule has 3 rings (SSSR count). The minimum atomic E-state index is 0.132. The summed E-state index contributed by atoms with van der Waals surface area (Å²) in [4.78, 5) is 21.8. The molecule has 6 heteroatoms. The number of methoxy groups -OCH3 is 1. The first-order valence-electron chi connectivity index (χ1n) is 9.89. The van der Waals surface area contributed by atoms with Crippen molar-refractivity contribution >= 4 is 5.91 Å². The zero-order valence-electron chi connectivity index (χ0n) is 15.9. The molecule has 3 heterocycles. The smallest absolute Gasteiger partial charge is 0.224 e. The Hall–Kier alpha value is -1.50. The van der Waals surface area contributed by atoms with Crippen molar-refractivity contribution < 1.29 is 9.53 Å². The number of rotatable bonds is 7. The van der Waals surface area contributed by atoms with Crippen LogP contribution in [0.5, 0.6) is 0 Å². The summed E-state index contributed by atoms with van der Waals surface area (Å²) in [6, 6.07) is 6.74. The number of hydrogen-bond donors (Lipinski definition) is 1. The molecule has 0 spiro atoms. The normalized spacial score (nSPS) is 23.0. The Balaban J connectivity index is 1.43. The maximum absolute atomic E-state index is 12.3. The number of amides is 1. The molecule has 144 valence electrons. The van der Waals surface area contributed by atoms with Gasteiger partial charge in [0.1, 0.15) is 0 Å². The summed E-state index contributed by atoms with van der Waals surface area (Å²) >= 11 is 0. The van der Waals surface area contributed by atoms with Crippen LogP contribution >= 0.6 is 0 Å². The topological polar surface area (TPSA) is 57.7 Å². The molecule has 6 nitrogen and oxygen atoms in total. The Morgan fingerprint density at radius 2 is 2.12 bits per heavy atom. The maximum atomic E-state index is 12.3. The number of hydrogen-bond acceptors (Lipinski definition) is 5. The van der Waals surface area contributed by atoms with Gasteiger partial charge in [0, 0.05) is 52.1 Å². The molecule has 1 atom stereocenters. The highest BCUT2D eigenvalue weighted by Crippen LogP contribution is 2.24. The summed E-state index contributed by atoms with van der Waals surface area (Å²) < 4.78 is 5.01. The summed E-state index contributed by atoms with van der Waals surface area (Å²) in [5.74, 6) is 0.325. The number of pyridine rings is 1. The summed E-state index contributed by atoms with van der Waals surface area (Å²) in [5.41, 5.74) is 1.15. The molecule has 0 radical (unpaired) electrons. The summed E-state index contributed by atoms with van der Waals surface area (Å²) in [6.07, 6.45) is 6.37. The van der Waals surface area contributed by atoms with Gasteiger partial charge < -0.3 is 10.1 Å². The molecule has 0 aliphatic carbocycles. The number of carbonyl (C=O) groups excluding carboxylic acids is 1. The number of ether oxygens (including phenoxy) is 1. The fourth-order valence-corrected chi connectivity index (χ4v) is 4.14. The molecule has 1 aromatic heterocycles. The van der Waals surface area contributed by atoms with E-state index in [1.807, 2.05) is 12.3 Å². The van der Waals surface area contributed by atoms with Gasteiger partial charge in [-0.3, -0.25) is 19.6 Å². The quantitative estimate of drug-likeness (QED) is 0.747. The first-order valence-corrected chi connectivity index (χ1v) is 9.89. The van der Waals surface area contributed by atoms with Gasteiger partial charge in [0.05, 0.1) is 18.2 Å². The van der Waals surface area contributed by atoms with E-state index in [1.165, 1.54) is 12.8 Å². The van der Waals surface area contributed by atoms with Crippen molar-refractivity contribution in [2.45, 2.75) is 38.3 Å². The molecule has 2 saturated heterocycles. The predicted octanol–water partition coefficient (Wildman–Crippen LogP) is 1.52. The Morgan fingerprint density at radius 1 is 1.27 bits per heavy atom. The molecular formula is C20H32N4O2. The molecule has 1 aromatic rings. The second-order valence-electron chi connectivity index (χ2n) is 7.45. The Labute approximate surface area is 156 Å².